The first-order valence-corrected chi connectivity index (χ1v) is 18.6. The summed E-state index contributed by atoms with van der Waals surface area (Å²) in [5.41, 5.74) is 0. The minimum atomic E-state index is -0.474. The summed E-state index contributed by atoms with van der Waals surface area (Å²) in [4.78, 5) is 11.9. The van der Waals surface area contributed by atoms with E-state index in [0.29, 0.717) is 106 Å². The van der Waals surface area contributed by atoms with Gasteiger partial charge < -0.3 is 42.6 Å². The first-order chi connectivity index (χ1) is 23.3. The molecule has 0 radical (unpaired) electrons. The van der Waals surface area contributed by atoms with E-state index in [1.807, 2.05) is 0 Å². The van der Waals surface area contributed by atoms with Gasteiger partial charge in [-0.1, -0.05) is 96.8 Å². The van der Waals surface area contributed by atoms with Gasteiger partial charge in [-0.2, -0.15) is 0 Å². The van der Waals surface area contributed by atoms with Gasteiger partial charge in [0.15, 0.2) is 0 Å². The number of hydrogen-bond acceptors (Lipinski definition) is 10. The summed E-state index contributed by atoms with van der Waals surface area (Å²) in [7, 11) is 0. The maximum absolute atomic E-state index is 11.9. The molecule has 0 saturated carbocycles. The fraction of sp³-hybridized carbons (Fsp3) is 0.972. The summed E-state index contributed by atoms with van der Waals surface area (Å²) in [6.07, 6.45) is 20.2. The molecule has 0 aliphatic heterocycles. The predicted molar refractivity (Wildman–Crippen MR) is 183 cm³/mol. The Hall–Kier alpha value is -0.920. The van der Waals surface area contributed by atoms with Crippen molar-refractivity contribution in [2.75, 3.05) is 119 Å². The second-order valence-corrected chi connectivity index (χ2v) is 11.5. The summed E-state index contributed by atoms with van der Waals surface area (Å²) >= 11 is 0. The van der Waals surface area contributed by atoms with Gasteiger partial charge in [0.05, 0.1) is 106 Å². The molecule has 0 spiro atoms. The first kappa shape index (κ1) is 46.1. The normalized spacial score (nSPS) is 11.4. The van der Waals surface area contributed by atoms with Gasteiger partial charge >= 0.3 is 5.97 Å². The molecule has 0 aliphatic rings. The van der Waals surface area contributed by atoms with Crippen LogP contribution in [0.15, 0.2) is 0 Å². The van der Waals surface area contributed by atoms with Crippen LogP contribution in [-0.2, 0) is 47.4 Å². The highest BCUT2D eigenvalue weighted by Crippen LogP contribution is 2.13. The number of ether oxygens (including phenoxy) is 9. The van der Waals surface area contributed by atoms with Crippen LogP contribution in [0.3, 0.4) is 0 Å². The van der Waals surface area contributed by atoms with Gasteiger partial charge in [-0.15, -0.1) is 0 Å². The maximum Gasteiger partial charge on any atom is 0.305 e. The molecule has 10 nitrogen and oxygen atoms in total. The minimum absolute atomic E-state index is 0.114. The summed E-state index contributed by atoms with van der Waals surface area (Å²) in [6.45, 7) is 9.21. The molecule has 0 rings (SSSR count). The zero-order valence-electron chi connectivity index (χ0n) is 30.0. The number of alkyl halides is 1. The lowest BCUT2D eigenvalue weighted by Gasteiger charge is -2.09. The Kier molecular flexibility index (Phi) is 42.3. The zero-order valence-corrected chi connectivity index (χ0v) is 30.0. The largest absolute Gasteiger partial charge is 0.463 e. The predicted octanol–water partition coefficient (Wildman–Crippen LogP) is 6.89. The zero-order chi connectivity index (χ0) is 34.0. The monoisotopic (exact) mass is 683 g/mol. The molecule has 0 fully saturated rings. The molecule has 0 saturated heterocycles. The lowest BCUT2D eigenvalue weighted by Crippen LogP contribution is -2.15. The van der Waals surface area contributed by atoms with Crippen molar-refractivity contribution in [1.82, 2.24) is 0 Å². The highest BCUT2D eigenvalue weighted by Gasteiger charge is 2.03. The number of carbonyl (C=O) groups excluding carboxylic acids is 1. The van der Waals surface area contributed by atoms with E-state index in [1.165, 1.54) is 83.5 Å². The molecule has 0 aromatic carbocycles. The third-order valence-electron chi connectivity index (χ3n) is 7.30. The third-order valence-corrected chi connectivity index (χ3v) is 7.30. The Morgan fingerprint density at radius 1 is 0.362 bits per heavy atom. The van der Waals surface area contributed by atoms with Gasteiger partial charge in [0.1, 0.15) is 13.3 Å². The average Bonchev–Trinajstić information content (AvgIpc) is 3.08. The number of halogens is 1. The smallest absolute Gasteiger partial charge is 0.305 e. The molecule has 0 aliphatic carbocycles. The van der Waals surface area contributed by atoms with Crippen molar-refractivity contribution in [3.8, 4) is 0 Å². The summed E-state index contributed by atoms with van der Waals surface area (Å²) in [6, 6.07) is 0. The van der Waals surface area contributed by atoms with E-state index in [2.05, 4.69) is 6.92 Å². The molecule has 0 amide bonds. The number of unbranched alkanes of at least 4 members (excludes halogenated alkanes) is 14. The van der Waals surface area contributed by atoms with Crippen molar-refractivity contribution < 1.29 is 51.8 Å². The molecular weight excluding hydrogens is 611 g/mol. The Labute approximate surface area is 286 Å². The number of hydrogen-bond donors (Lipinski definition) is 0. The van der Waals surface area contributed by atoms with Crippen LogP contribution in [0, 0.1) is 0 Å². The Morgan fingerprint density at radius 2 is 0.617 bits per heavy atom. The fourth-order valence-corrected chi connectivity index (χ4v) is 4.62. The topological polar surface area (TPSA) is 100 Å². The van der Waals surface area contributed by atoms with Gasteiger partial charge in [-0.25, -0.2) is 4.39 Å². The SMILES string of the molecule is CCCCCCCCCCCCCCCCCC(=O)OCCOCCOCCOCCOCCOCCOCCOCCOCCF. The van der Waals surface area contributed by atoms with E-state index in [-0.39, 0.29) is 19.2 Å². The lowest BCUT2D eigenvalue weighted by atomic mass is 10.0. The van der Waals surface area contributed by atoms with Crippen LogP contribution in [0.1, 0.15) is 110 Å². The summed E-state index contributed by atoms with van der Waals surface area (Å²) < 4.78 is 60.0. The summed E-state index contributed by atoms with van der Waals surface area (Å²) in [5, 5.41) is 0. The lowest BCUT2D eigenvalue weighted by molar-refractivity contribution is -0.145. The standard InChI is InChI=1S/C36H71FO10/c1-2-3-4-5-6-7-8-9-10-11-12-13-14-15-16-17-36(38)47-35-34-46-33-32-45-31-30-44-29-28-43-27-26-42-25-24-41-23-22-40-21-20-39-19-18-37/h2-35H2,1H3. The van der Waals surface area contributed by atoms with Crippen LogP contribution in [-0.4, -0.2) is 125 Å². The molecule has 0 atom stereocenters. The van der Waals surface area contributed by atoms with Crippen molar-refractivity contribution >= 4 is 5.97 Å². The van der Waals surface area contributed by atoms with E-state index in [1.54, 1.807) is 0 Å². The van der Waals surface area contributed by atoms with Crippen molar-refractivity contribution in [3.05, 3.63) is 0 Å². The van der Waals surface area contributed by atoms with E-state index in [0.717, 1.165) is 12.8 Å². The summed E-state index contributed by atoms with van der Waals surface area (Å²) in [5.74, 6) is -0.132. The molecule has 0 bridgehead atoms. The fourth-order valence-electron chi connectivity index (χ4n) is 4.62. The van der Waals surface area contributed by atoms with Crippen LogP contribution in [0.2, 0.25) is 0 Å². The Bertz CT molecular complexity index is 588. The maximum atomic E-state index is 11.9. The Balaban J connectivity index is 3.13. The molecule has 0 aromatic heterocycles. The van der Waals surface area contributed by atoms with Gasteiger partial charge in [-0.3, -0.25) is 4.79 Å². The minimum Gasteiger partial charge on any atom is -0.463 e. The van der Waals surface area contributed by atoms with Gasteiger partial charge in [0, 0.05) is 6.42 Å². The first-order valence-electron chi connectivity index (χ1n) is 18.6. The quantitative estimate of drug-likeness (QED) is 0.0500. The van der Waals surface area contributed by atoms with E-state index in [9.17, 15) is 9.18 Å². The third kappa shape index (κ3) is 43.1. The molecule has 11 heteroatoms. The molecule has 0 aromatic rings. The second kappa shape index (κ2) is 43.1. The second-order valence-electron chi connectivity index (χ2n) is 11.5. The van der Waals surface area contributed by atoms with E-state index in [4.69, 9.17) is 42.6 Å². The van der Waals surface area contributed by atoms with Crippen molar-refractivity contribution in [1.29, 1.82) is 0 Å². The van der Waals surface area contributed by atoms with Crippen molar-refractivity contribution in [2.24, 2.45) is 0 Å². The number of carbonyl (C=O) groups is 1. The highest BCUT2D eigenvalue weighted by atomic mass is 19.1. The van der Waals surface area contributed by atoms with Crippen LogP contribution < -0.4 is 0 Å². The van der Waals surface area contributed by atoms with E-state index >= 15 is 0 Å². The average molecular weight is 683 g/mol. The molecule has 282 valence electrons. The molecular formula is C36H71FO10. The van der Waals surface area contributed by atoms with Crippen LogP contribution in [0.25, 0.3) is 0 Å². The van der Waals surface area contributed by atoms with Gasteiger partial charge in [-0.05, 0) is 6.42 Å². The van der Waals surface area contributed by atoms with E-state index < -0.39 is 6.67 Å². The molecule has 47 heavy (non-hydrogen) atoms. The van der Waals surface area contributed by atoms with Crippen LogP contribution in [0.4, 0.5) is 4.39 Å². The highest BCUT2D eigenvalue weighted by molar-refractivity contribution is 5.69. The number of esters is 1. The van der Waals surface area contributed by atoms with Crippen molar-refractivity contribution in [3.63, 3.8) is 0 Å². The molecule has 0 unspecified atom stereocenters. The molecule has 0 heterocycles. The van der Waals surface area contributed by atoms with Crippen LogP contribution >= 0.6 is 0 Å². The Morgan fingerprint density at radius 3 is 0.915 bits per heavy atom. The van der Waals surface area contributed by atoms with Crippen LogP contribution in [0.5, 0.6) is 0 Å². The molecule has 0 N–H and O–H groups in total. The van der Waals surface area contributed by atoms with Crippen molar-refractivity contribution in [2.45, 2.75) is 110 Å². The number of rotatable bonds is 42. The van der Waals surface area contributed by atoms with Gasteiger partial charge in [0.2, 0.25) is 0 Å². The van der Waals surface area contributed by atoms with Gasteiger partial charge in [0.25, 0.3) is 0 Å².